The maximum absolute atomic E-state index is 5.86. The number of hydrogen-bond donors (Lipinski definition) is 0. The number of piperidine rings is 1. The summed E-state index contributed by atoms with van der Waals surface area (Å²) < 4.78 is 11.1. The van der Waals surface area contributed by atoms with Gasteiger partial charge in [-0.1, -0.05) is 5.16 Å². The summed E-state index contributed by atoms with van der Waals surface area (Å²) in [5.74, 6) is 0.959. The van der Waals surface area contributed by atoms with Gasteiger partial charge in [-0.3, -0.25) is 4.90 Å². The third-order valence-corrected chi connectivity index (χ3v) is 5.15. The Hall–Kier alpha value is -1.73. The summed E-state index contributed by atoms with van der Waals surface area (Å²) >= 11 is 0. The number of fused-ring (bicyclic) bond motifs is 1. The molecule has 2 aromatic rings. The number of aromatic nitrogens is 3. The Bertz CT molecular complexity index is 700. The minimum atomic E-state index is 0.327. The summed E-state index contributed by atoms with van der Waals surface area (Å²) in [6.07, 6.45) is 4.52. The lowest BCUT2D eigenvalue weighted by Gasteiger charge is -2.43. The largest absolute Gasteiger partial charge is 0.373 e. The van der Waals surface area contributed by atoms with E-state index in [0.717, 1.165) is 55.9 Å². The van der Waals surface area contributed by atoms with Crippen molar-refractivity contribution in [3.8, 4) is 0 Å². The molecule has 0 N–H and O–H groups in total. The van der Waals surface area contributed by atoms with Crippen molar-refractivity contribution in [1.82, 2.24) is 20.0 Å². The Balaban J connectivity index is 1.47. The highest BCUT2D eigenvalue weighted by atomic mass is 16.5. The molecule has 0 saturated carbocycles. The first-order chi connectivity index (χ1) is 11.6. The van der Waals surface area contributed by atoms with Gasteiger partial charge in [0.05, 0.1) is 17.9 Å². The minimum Gasteiger partial charge on any atom is -0.373 e. The maximum Gasteiger partial charge on any atom is 0.263 e. The first-order valence-electron chi connectivity index (χ1n) is 8.83. The molecule has 0 aliphatic carbocycles. The van der Waals surface area contributed by atoms with E-state index in [1.54, 1.807) is 6.33 Å². The monoisotopic (exact) mass is 331 g/mol. The zero-order valence-electron chi connectivity index (χ0n) is 14.6. The number of hydrogen-bond acceptors (Lipinski definition) is 7. The van der Waals surface area contributed by atoms with Crippen molar-refractivity contribution in [2.75, 3.05) is 31.1 Å². The van der Waals surface area contributed by atoms with Gasteiger partial charge >= 0.3 is 0 Å². The number of aryl methyl sites for hydroxylation is 1. The summed E-state index contributed by atoms with van der Waals surface area (Å²) in [6, 6.07) is 0.635. The van der Waals surface area contributed by atoms with Crippen LogP contribution in [0.2, 0.25) is 0 Å². The molecule has 0 bridgehead atoms. The SMILES string of the molecule is Cc1noc2ncnc(N3CCC(N4C[C@@H](C)O[C@@H](C)C4)CC3)c12. The number of nitrogens with zero attached hydrogens (tertiary/aromatic N) is 5. The van der Waals surface area contributed by atoms with Crippen LogP contribution in [0, 0.1) is 6.92 Å². The Kier molecular flexibility index (Phi) is 4.14. The highest BCUT2D eigenvalue weighted by Gasteiger charge is 2.31. The molecule has 7 nitrogen and oxygen atoms in total. The van der Waals surface area contributed by atoms with Gasteiger partial charge in [-0.2, -0.15) is 4.98 Å². The van der Waals surface area contributed by atoms with Gasteiger partial charge < -0.3 is 14.2 Å². The van der Waals surface area contributed by atoms with Crippen LogP contribution in [-0.2, 0) is 4.74 Å². The zero-order chi connectivity index (χ0) is 16.7. The van der Waals surface area contributed by atoms with Crippen molar-refractivity contribution in [2.24, 2.45) is 0 Å². The van der Waals surface area contributed by atoms with Crippen molar-refractivity contribution < 1.29 is 9.26 Å². The smallest absolute Gasteiger partial charge is 0.263 e. The van der Waals surface area contributed by atoms with Gasteiger partial charge in [0.15, 0.2) is 0 Å². The normalized spacial score (nSPS) is 27.0. The van der Waals surface area contributed by atoms with Crippen LogP contribution in [0.4, 0.5) is 5.82 Å². The van der Waals surface area contributed by atoms with Crippen LogP contribution in [0.1, 0.15) is 32.4 Å². The fourth-order valence-electron chi connectivity index (χ4n) is 4.10. The topological polar surface area (TPSA) is 67.5 Å². The van der Waals surface area contributed by atoms with E-state index in [9.17, 15) is 0 Å². The Morgan fingerprint density at radius 1 is 1.08 bits per heavy atom. The molecule has 7 heteroatoms. The second-order valence-corrected chi connectivity index (χ2v) is 7.07. The minimum absolute atomic E-state index is 0.327. The van der Waals surface area contributed by atoms with E-state index in [2.05, 4.69) is 38.8 Å². The third-order valence-electron chi connectivity index (χ3n) is 5.15. The average Bonchev–Trinajstić information content (AvgIpc) is 2.96. The predicted molar refractivity (Wildman–Crippen MR) is 91.2 cm³/mol. The molecule has 0 unspecified atom stereocenters. The van der Waals surface area contributed by atoms with E-state index < -0.39 is 0 Å². The van der Waals surface area contributed by atoms with Gasteiger partial charge in [-0.05, 0) is 33.6 Å². The Labute approximate surface area is 142 Å². The molecule has 24 heavy (non-hydrogen) atoms. The number of rotatable bonds is 2. The van der Waals surface area contributed by atoms with E-state index in [0.29, 0.717) is 24.0 Å². The summed E-state index contributed by atoms with van der Waals surface area (Å²) in [5.41, 5.74) is 1.44. The van der Waals surface area contributed by atoms with Gasteiger partial charge in [0, 0.05) is 32.2 Å². The van der Waals surface area contributed by atoms with Crippen molar-refractivity contribution in [3.05, 3.63) is 12.0 Å². The molecule has 0 aromatic carbocycles. The quantitative estimate of drug-likeness (QED) is 0.834. The molecule has 2 aliphatic heterocycles. The van der Waals surface area contributed by atoms with Crippen LogP contribution in [0.15, 0.2) is 10.9 Å². The lowest BCUT2D eigenvalue weighted by Crippen LogP contribution is -2.53. The summed E-state index contributed by atoms with van der Waals surface area (Å²) in [5, 5.41) is 4.98. The molecule has 4 rings (SSSR count). The highest BCUT2D eigenvalue weighted by Crippen LogP contribution is 2.29. The van der Waals surface area contributed by atoms with E-state index in [1.165, 1.54) is 0 Å². The molecular formula is C17H25N5O2. The van der Waals surface area contributed by atoms with Gasteiger partial charge in [-0.25, -0.2) is 4.98 Å². The third kappa shape index (κ3) is 2.86. The van der Waals surface area contributed by atoms with Crippen LogP contribution in [0.5, 0.6) is 0 Å². The molecule has 0 amide bonds. The molecule has 0 spiro atoms. The first kappa shape index (κ1) is 15.8. The summed E-state index contributed by atoms with van der Waals surface area (Å²) in [4.78, 5) is 13.6. The fraction of sp³-hybridized carbons (Fsp3) is 0.706. The van der Waals surface area contributed by atoms with Gasteiger partial charge in [0.1, 0.15) is 17.5 Å². The lowest BCUT2D eigenvalue weighted by atomic mass is 10.0. The second-order valence-electron chi connectivity index (χ2n) is 7.07. The highest BCUT2D eigenvalue weighted by molar-refractivity contribution is 5.87. The Morgan fingerprint density at radius 2 is 1.79 bits per heavy atom. The lowest BCUT2D eigenvalue weighted by molar-refractivity contribution is -0.0826. The van der Waals surface area contributed by atoms with Crippen LogP contribution >= 0.6 is 0 Å². The van der Waals surface area contributed by atoms with Gasteiger partial charge in [0.25, 0.3) is 5.71 Å². The van der Waals surface area contributed by atoms with Crippen molar-refractivity contribution in [1.29, 1.82) is 0 Å². The molecule has 0 radical (unpaired) electrons. The number of ether oxygens (including phenoxy) is 1. The molecule has 130 valence electrons. The maximum atomic E-state index is 5.86. The molecular weight excluding hydrogens is 306 g/mol. The van der Waals surface area contributed by atoms with Gasteiger partial charge in [0.2, 0.25) is 0 Å². The molecule has 2 fully saturated rings. The summed E-state index contributed by atoms with van der Waals surface area (Å²) in [6.45, 7) is 10.4. The Morgan fingerprint density at radius 3 is 2.50 bits per heavy atom. The molecule has 2 aromatic heterocycles. The number of anilines is 1. The van der Waals surface area contributed by atoms with Crippen molar-refractivity contribution >= 4 is 16.9 Å². The predicted octanol–water partition coefficient (Wildman–Crippen LogP) is 2.00. The van der Waals surface area contributed by atoms with Crippen molar-refractivity contribution in [2.45, 2.75) is 51.9 Å². The van der Waals surface area contributed by atoms with Crippen LogP contribution < -0.4 is 4.90 Å². The first-order valence-corrected chi connectivity index (χ1v) is 8.83. The van der Waals surface area contributed by atoms with E-state index in [1.807, 2.05) is 6.92 Å². The molecule has 2 aliphatic rings. The fourth-order valence-corrected chi connectivity index (χ4v) is 4.10. The van der Waals surface area contributed by atoms with E-state index in [-0.39, 0.29) is 0 Å². The van der Waals surface area contributed by atoms with Crippen LogP contribution in [0.3, 0.4) is 0 Å². The summed E-state index contributed by atoms with van der Waals surface area (Å²) in [7, 11) is 0. The van der Waals surface area contributed by atoms with Gasteiger partial charge in [-0.15, -0.1) is 0 Å². The number of morpholine rings is 1. The molecule has 4 heterocycles. The average molecular weight is 331 g/mol. The standard InChI is InChI=1S/C17H25N5O2/c1-11-8-22(9-12(2)23-11)14-4-6-21(7-5-14)16-15-13(3)20-24-17(15)19-10-18-16/h10-12,14H,4-9H2,1-3H3/t11-,12+. The van der Waals surface area contributed by atoms with E-state index >= 15 is 0 Å². The van der Waals surface area contributed by atoms with Crippen LogP contribution in [-0.4, -0.2) is 64.5 Å². The van der Waals surface area contributed by atoms with Crippen molar-refractivity contribution in [3.63, 3.8) is 0 Å². The molecule has 2 atom stereocenters. The van der Waals surface area contributed by atoms with E-state index in [4.69, 9.17) is 9.26 Å². The van der Waals surface area contributed by atoms with Crippen LogP contribution in [0.25, 0.3) is 11.1 Å². The zero-order valence-corrected chi connectivity index (χ0v) is 14.6. The second kappa shape index (κ2) is 6.29. The molecule has 2 saturated heterocycles.